The summed E-state index contributed by atoms with van der Waals surface area (Å²) < 4.78 is 5.30. The number of nitrogens with two attached hydrogens (primary N) is 1. The fourth-order valence-corrected chi connectivity index (χ4v) is 2.11. The van der Waals surface area contributed by atoms with Gasteiger partial charge < -0.3 is 15.4 Å². The van der Waals surface area contributed by atoms with Gasteiger partial charge in [-0.1, -0.05) is 6.07 Å². The third kappa shape index (κ3) is 2.77. The Labute approximate surface area is 101 Å². The van der Waals surface area contributed by atoms with Crippen LogP contribution in [0.15, 0.2) is 24.3 Å². The molecule has 92 valence electrons. The SMILES string of the molecule is CN(C(=O)c1cccc(N)c1)C1CCOCC1. The van der Waals surface area contributed by atoms with Crippen molar-refractivity contribution < 1.29 is 9.53 Å². The highest BCUT2D eigenvalue weighted by molar-refractivity contribution is 5.95. The van der Waals surface area contributed by atoms with Crippen LogP contribution in [0.5, 0.6) is 0 Å². The Morgan fingerprint density at radius 1 is 1.41 bits per heavy atom. The van der Waals surface area contributed by atoms with Crippen LogP contribution in [0.4, 0.5) is 5.69 Å². The molecule has 1 aliphatic rings. The number of benzene rings is 1. The molecular formula is C13H18N2O2. The third-order valence-electron chi connectivity index (χ3n) is 3.19. The fraction of sp³-hybridized carbons (Fsp3) is 0.462. The van der Waals surface area contributed by atoms with Gasteiger partial charge in [0.2, 0.25) is 0 Å². The van der Waals surface area contributed by atoms with Crippen LogP contribution in [0.1, 0.15) is 23.2 Å². The molecule has 0 atom stereocenters. The van der Waals surface area contributed by atoms with Crippen LogP contribution in [0.25, 0.3) is 0 Å². The maximum absolute atomic E-state index is 12.2. The Bertz CT molecular complexity index is 400. The highest BCUT2D eigenvalue weighted by atomic mass is 16.5. The maximum Gasteiger partial charge on any atom is 0.253 e. The van der Waals surface area contributed by atoms with Gasteiger partial charge in [-0.3, -0.25) is 4.79 Å². The van der Waals surface area contributed by atoms with Gasteiger partial charge >= 0.3 is 0 Å². The first-order chi connectivity index (χ1) is 8.18. The first-order valence-electron chi connectivity index (χ1n) is 5.89. The number of hydrogen-bond donors (Lipinski definition) is 1. The van der Waals surface area contributed by atoms with Crippen molar-refractivity contribution in [3.63, 3.8) is 0 Å². The minimum Gasteiger partial charge on any atom is -0.399 e. The van der Waals surface area contributed by atoms with Crippen LogP contribution < -0.4 is 5.73 Å². The molecule has 1 aromatic carbocycles. The smallest absolute Gasteiger partial charge is 0.253 e. The molecule has 1 heterocycles. The minimum absolute atomic E-state index is 0.0317. The number of carbonyl (C=O) groups is 1. The van der Waals surface area contributed by atoms with Crippen molar-refractivity contribution in [2.45, 2.75) is 18.9 Å². The molecule has 2 rings (SSSR count). The molecule has 1 aliphatic heterocycles. The molecule has 0 spiro atoms. The normalized spacial score (nSPS) is 16.8. The van der Waals surface area contributed by atoms with E-state index in [-0.39, 0.29) is 11.9 Å². The largest absolute Gasteiger partial charge is 0.399 e. The van der Waals surface area contributed by atoms with Crippen molar-refractivity contribution in [2.75, 3.05) is 26.0 Å². The van der Waals surface area contributed by atoms with Crippen LogP contribution in [-0.4, -0.2) is 37.1 Å². The van der Waals surface area contributed by atoms with E-state index in [1.54, 1.807) is 29.2 Å². The van der Waals surface area contributed by atoms with Crippen molar-refractivity contribution in [2.24, 2.45) is 0 Å². The van der Waals surface area contributed by atoms with E-state index < -0.39 is 0 Å². The summed E-state index contributed by atoms with van der Waals surface area (Å²) >= 11 is 0. The van der Waals surface area contributed by atoms with E-state index >= 15 is 0 Å². The van der Waals surface area contributed by atoms with E-state index in [9.17, 15) is 4.79 Å². The summed E-state index contributed by atoms with van der Waals surface area (Å²) in [4.78, 5) is 14.0. The molecule has 17 heavy (non-hydrogen) atoms. The fourth-order valence-electron chi connectivity index (χ4n) is 2.11. The summed E-state index contributed by atoms with van der Waals surface area (Å²) in [5.41, 5.74) is 6.96. The number of anilines is 1. The molecule has 1 aromatic rings. The molecule has 1 amide bonds. The van der Waals surface area contributed by atoms with Gasteiger partial charge in [-0.15, -0.1) is 0 Å². The van der Waals surface area contributed by atoms with Gasteiger partial charge in [-0.25, -0.2) is 0 Å². The highest BCUT2D eigenvalue weighted by Crippen LogP contribution is 2.16. The van der Waals surface area contributed by atoms with Crippen LogP contribution in [0.3, 0.4) is 0 Å². The lowest BCUT2D eigenvalue weighted by Crippen LogP contribution is -2.40. The number of carbonyl (C=O) groups excluding carboxylic acids is 1. The minimum atomic E-state index is 0.0317. The summed E-state index contributed by atoms with van der Waals surface area (Å²) in [5.74, 6) is 0.0317. The maximum atomic E-state index is 12.2. The zero-order chi connectivity index (χ0) is 12.3. The van der Waals surface area contributed by atoms with Crippen LogP contribution >= 0.6 is 0 Å². The molecular weight excluding hydrogens is 216 g/mol. The summed E-state index contributed by atoms with van der Waals surface area (Å²) in [7, 11) is 1.85. The van der Waals surface area contributed by atoms with E-state index in [1.807, 2.05) is 7.05 Å². The van der Waals surface area contributed by atoms with Gasteiger partial charge in [0.25, 0.3) is 5.91 Å². The van der Waals surface area contributed by atoms with Gasteiger partial charge in [-0.2, -0.15) is 0 Å². The second-order valence-corrected chi connectivity index (χ2v) is 4.39. The quantitative estimate of drug-likeness (QED) is 0.789. The molecule has 0 bridgehead atoms. The monoisotopic (exact) mass is 234 g/mol. The number of ether oxygens (including phenoxy) is 1. The van der Waals surface area contributed by atoms with Crippen LogP contribution in [0.2, 0.25) is 0 Å². The Morgan fingerprint density at radius 2 is 2.12 bits per heavy atom. The first kappa shape index (κ1) is 11.9. The molecule has 1 saturated heterocycles. The predicted molar refractivity (Wildman–Crippen MR) is 66.8 cm³/mol. The van der Waals surface area contributed by atoms with Gasteiger partial charge in [-0.05, 0) is 31.0 Å². The standard InChI is InChI=1S/C13H18N2O2/c1-15(12-5-7-17-8-6-12)13(16)10-3-2-4-11(14)9-10/h2-4,9,12H,5-8,14H2,1H3. The summed E-state index contributed by atoms with van der Waals surface area (Å²) in [6, 6.07) is 7.39. The lowest BCUT2D eigenvalue weighted by atomic mass is 10.1. The van der Waals surface area contributed by atoms with Crippen molar-refractivity contribution in [1.29, 1.82) is 0 Å². The van der Waals surface area contributed by atoms with Crippen LogP contribution in [-0.2, 0) is 4.74 Å². The summed E-state index contributed by atoms with van der Waals surface area (Å²) in [6.07, 6.45) is 1.81. The van der Waals surface area contributed by atoms with Crippen molar-refractivity contribution in [3.8, 4) is 0 Å². The van der Waals surface area contributed by atoms with E-state index in [2.05, 4.69) is 0 Å². The Morgan fingerprint density at radius 3 is 2.76 bits per heavy atom. The Balaban J connectivity index is 2.08. The molecule has 4 nitrogen and oxygen atoms in total. The Kier molecular flexibility index (Phi) is 3.64. The van der Waals surface area contributed by atoms with Gasteiger partial charge in [0, 0.05) is 37.6 Å². The predicted octanol–water partition coefficient (Wildman–Crippen LogP) is 1.52. The van der Waals surface area contributed by atoms with Gasteiger partial charge in [0.05, 0.1) is 0 Å². The lowest BCUT2D eigenvalue weighted by Gasteiger charge is -2.31. The number of nitrogens with zero attached hydrogens (tertiary/aromatic N) is 1. The average Bonchev–Trinajstić information content (AvgIpc) is 2.38. The zero-order valence-corrected chi connectivity index (χ0v) is 10.1. The molecule has 0 unspecified atom stereocenters. The van der Waals surface area contributed by atoms with E-state index in [1.165, 1.54) is 0 Å². The lowest BCUT2D eigenvalue weighted by molar-refractivity contribution is 0.0362. The molecule has 2 N–H and O–H groups in total. The number of hydrogen-bond acceptors (Lipinski definition) is 3. The topological polar surface area (TPSA) is 55.6 Å². The van der Waals surface area contributed by atoms with E-state index in [0.29, 0.717) is 11.3 Å². The van der Waals surface area contributed by atoms with Crippen molar-refractivity contribution in [1.82, 2.24) is 4.90 Å². The number of rotatable bonds is 2. The number of amides is 1. The van der Waals surface area contributed by atoms with E-state index in [0.717, 1.165) is 26.1 Å². The molecule has 0 aliphatic carbocycles. The van der Waals surface area contributed by atoms with Crippen molar-refractivity contribution >= 4 is 11.6 Å². The third-order valence-corrected chi connectivity index (χ3v) is 3.19. The summed E-state index contributed by atoms with van der Waals surface area (Å²) in [6.45, 7) is 1.47. The molecule has 1 fully saturated rings. The molecule has 0 radical (unpaired) electrons. The molecule has 4 heteroatoms. The average molecular weight is 234 g/mol. The van der Waals surface area contributed by atoms with Gasteiger partial charge in [0.1, 0.15) is 0 Å². The van der Waals surface area contributed by atoms with Crippen LogP contribution in [0, 0.1) is 0 Å². The number of nitrogen functional groups attached to an aromatic ring is 1. The summed E-state index contributed by atoms with van der Waals surface area (Å²) in [5, 5.41) is 0. The second kappa shape index (κ2) is 5.19. The highest BCUT2D eigenvalue weighted by Gasteiger charge is 2.23. The molecule has 0 saturated carbocycles. The zero-order valence-electron chi connectivity index (χ0n) is 10.1. The Hall–Kier alpha value is -1.55. The van der Waals surface area contributed by atoms with E-state index in [4.69, 9.17) is 10.5 Å². The van der Waals surface area contributed by atoms with Gasteiger partial charge in [0.15, 0.2) is 0 Å². The first-order valence-corrected chi connectivity index (χ1v) is 5.89. The van der Waals surface area contributed by atoms with Crippen molar-refractivity contribution in [3.05, 3.63) is 29.8 Å². The second-order valence-electron chi connectivity index (χ2n) is 4.39. The molecule has 0 aromatic heterocycles.